The smallest absolute Gasteiger partial charge is 0.373 e. The van der Waals surface area contributed by atoms with Crippen LogP contribution in [-0.2, 0) is 11.3 Å². The molecule has 1 saturated heterocycles. The van der Waals surface area contributed by atoms with Crippen molar-refractivity contribution in [3.63, 3.8) is 0 Å². The first kappa shape index (κ1) is 17.4. The summed E-state index contributed by atoms with van der Waals surface area (Å²) in [6.45, 7) is 1.60. The molecule has 2 heterocycles. The highest BCUT2D eigenvalue weighted by Crippen LogP contribution is 2.39. The molecule has 0 amide bonds. The second-order valence-corrected chi connectivity index (χ2v) is 5.99. The summed E-state index contributed by atoms with van der Waals surface area (Å²) in [5.41, 5.74) is 1.14. The lowest BCUT2D eigenvalue weighted by atomic mass is 10.0. The van der Waals surface area contributed by atoms with E-state index in [0.717, 1.165) is 42.2 Å². The summed E-state index contributed by atoms with van der Waals surface area (Å²) >= 11 is 0. The van der Waals surface area contributed by atoms with E-state index in [-0.39, 0.29) is 11.8 Å². The Labute approximate surface area is 147 Å². The van der Waals surface area contributed by atoms with Crippen LogP contribution in [0.4, 0.5) is 0 Å². The SMILES string of the molecule is COC(=O)c1ccc(CN2CCCC2c2ccc(OC)cc2OC)o1. The molecule has 0 radical (unpaired) electrons. The summed E-state index contributed by atoms with van der Waals surface area (Å²) in [6.07, 6.45) is 2.15. The molecule has 0 N–H and O–H groups in total. The highest BCUT2D eigenvalue weighted by molar-refractivity contribution is 5.86. The normalized spacial score (nSPS) is 17.5. The highest BCUT2D eigenvalue weighted by Gasteiger charge is 2.29. The molecule has 0 saturated carbocycles. The van der Waals surface area contributed by atoms with Crippen LogP contribution >= 0.6 is 0 Å². The summed E-state index contributed by atoms with van der Waals surface area (Å²) in [5, 5.41) is 0. The number of carbonyl (C=O) groups excluding carboxylic acids is 1. The molecule has 1 aromatic heterocycles. The maximum Gasteiger partial charge on any atom is 0.373 e. The predicted molar refractivity (Wildman–Crippen MR) is 92.0 cm³/mol. The molecule has 1 aliphatic heterocycles. The van der Waals surface area contributed by atoms with E-state index in [1.54, 1.807) is 20.3 Å². The summed E-state index contributed by atoms with van der Waals surface area (Å²) < 4.78 is 21.1. The predicted octanol–water partition coefficient (Wildman–Crippen LogP) is 3.42. The van der Waals surface area contributed by atoms with Crippen molar-refractivity contribution in [3.8, 4) is 11.5 Å². The Morgan fingerprint density at radius 3 is 2.76 bits per heavy atom. The number of nitrogens with zero attached hydrogens (tertiary/aromatic N) is 1. The molecule has 3 rings (SSSR count). The van der Waals surface area contributed by atoms with Gasteiger partial charge in [0.05, 0.1) is 27.9 Å². The fraction of sp³-hybridized carbons (Fsp3) is 0.421. The second-order valence-electron chi connectivity index (χ2n) is 5.99. The van der Waals surface area contributed by atoms with Crippen LogP contribution in [0.1, 0.15) is 40.8 Å². The number of benzene rings is 1. The van der Waals surface area contributed by atoms with E-state index in [2.05, 4.69) is 15.7 Å². The number of rotatable bonds is 6. The molecule has 1 atom stereocenters. The molecule has 1 unspecified atom stereocenters. The first-order chi connectivity index (χ1) is 12.2. The van der Waals surface area contributed by atoms with Crippen LogP contribution < -0.4 is 9.47 Å². The summed E-state index contributed by atoms with van der Waals surface area (Å²) in [6, 6.07) is 9.65. The minimum atomic E-state index is -0.457. The number of furan rings is 1. The lowest BCUT2D eigenvalue weighted by Crippen LogP contribution is -2.23. The van der Waals surface area contributed by atoms with E-state index >= 15 is 0 Å². The average molecular weight is 345 g/mol. The van der Waals surface area contributed by atoms with Crippen LogP contribution in [0.3, 0.4) is 0 Å². The standard InChI is InChI=1S/C19H23NO5/c1-22-13-6-8-15(18(11-13)23-2)16-5-4-10-20(16)12-14-7-9-17(25-14)19(21)24-3/h6-9,11,16H,4-5,10,12H2,1-3H3. The summed E-state index contributed by atoms with van der Waals surface area (Å²) in [5.74, 6) is 2.13. The van der Waals surface area contributed by atoms with Gasteiger partial charge in [-0.15, -0.1) is 0 Å². The third kappa shape index (κ3) is 3.64. The van der Waals surface area contributed by atoms with E-state index in [4.69, 9.17) is 13.9 Å². The van der Waals surface area contributed by atoms with E-state index in [1.165, 1.54) is 7.11 Å². The minimum Gasteiger partial charge on any atom is -0.497 e. The number of likely N-dealkylation sites (tertiary alicyclic amines) is 1. The number of hydrogen-bond acceptors (Lipinski definition) is 6. The number of ether oxygens (including phenoxy) is 3. The average Bonchev–Trinajstić information content (AvgIpc) is 3.30. The highest BCUT2D eigenvalue weighted by atomic mass is 16.5. The van der Waals surface area contributed by atoms with Crippen LogP contribution in [0.25, 0.3) is 0 Å². The molecule has 0 aliphatic carbocycles. The third-order valence-corrected chi connectivity index (χ3v) is 4.57. The zero-order chi connectivity index (χ0) is 17.8. The zero-order valence-corrected chi connectivity index (χ0v) is 14.8. The Hall–Kier alpha value is -2.47. The maximum absolute atomic E-state index is 11.5. The van der Waals surface area contributed by atoms with Gasteiger partial charge >= 0.3 is 5.97 Å². The van der Waals surface area contributed by atoms with Gasteiger partial charge < -0.3 is 18.6 Å². The van der Waals surface area contributed by atoms with Crippen molar-refractivity contribution < 1.29 is 23.4 Å². The van der Waals surface area contributed by atoms with E-state index in [1.807, 2.05) is 18.2 Å². The van der Waals surface area contributed by atoms with Gasteiger partial charge in [0.2, 0.25) is 5.76 Å². The largest absolute Gasteiger partial charge is 0.497 e. The molecule has 6 heteroatoms. The molecular weight excluding hydrogens is 322 g/mol. The molecule has 0 spiro atoms. The Kier molecular flexibility index (Phi) is 5.28. The minimum absolute atomic E-state index is 0.232. The quantitative estimate of drug-likeness (QED) is 0.748. The van der Waals surface area contributed by atoms with Gasteiger partial charge in [-0.3, -0.25) is 4.90 Å². The van der Waals surface area contributed by atoms with Crippen molar-refractivity contribution in [3.05, 3.63) is 47.4 Å². The monoisotopic (exact) mass is 345 g/mol. The Morgan fingerprint density at radius 1 is 1.20 bits per heavy atom. The van der Waals surface area contributed by atoms with Crippen molar-refractivity contribution in [2.75, 3.05) is 27.9 Å². The van der Waals surface area contributed by atoms with Crippen LogP contribution in [-0.4, -0.2) is 38.7 Å². The van der Waals surface area contributed by atoms with Gasteiger partial charge in [0.1, 0.15) is 17.3 Å². The fourth-order valence-electron chi connectivity index (χ4n) is 3.33. The van der Waals surface area contributed by atoms with Crippen LogP contribution in [0.15, 0.2) is 34.7 Å². The van der Waals surface area contributed by atoms with Gasteiger partial charge in [0, 0.05) is 17.7 Å². The first-order valence-electron chi connectivity index (χ1n) is 8.29. The Balaban J connectivity index is 1.79. The topological polar surface area (TPSA) is 61.1 Å². The number of carbonyl (C=O) groups is 1. The summed E-state index contributed by atoms with van der Waals surface area (Å²) in [7, 11) is 4.66. The molecule has 6 nitrogen and oxygen atoms in total. The number of hydrogen-bond donors (Lipinski definition) is 0. The van der Waals surface area contributed by atoms with Crippen LogP contribution in [0.2, 0.25) is 0 Å². The molecule has 1 aliphatic rings. The molecular formula is C19H23NO5. The van der Waals surface area contributed by atoms with Crippen molar-refractivity contribution in [2.45, 2.75) is 25.4 Å². The maximum atomic E-state index is 11.5. The first-order valence-corrected chi connectivity index (χ1v) is 8.29. The zero-order valence-electron chi connectivity index (χ0n) is 14.8. The van der Waals surface area contributed by atoms with Crippen molar-refractivity contribution in [1.82, 2.24) is 4.90 Å². The fourth-order valence-corrected chi connectivity index (χ4v) is 3.33. The lowest BCUT2D eigenvalue weighted by Gasteiger charge is -2.25. The van der Waals surface area contributed by atoms with Crippen molar-refractivity contribution >= 4 is 5.97 Å². The van der Waals surface area contributed by atoms with Gasteiger partial charge in [-0.2, -0.15) is 0 Å². The Morgan fingerprint density at radius 2 is 2.04 bits per heavy atom. The van der Waals surface area contributed by atoms with Gasteiger partial charge in [0.15, 0.2) is 0 Å². The number of esters is 1. The second kappa shape index (κ2) is 7.61. The van der Waals surface area contributed by atoms with Crippen LogP contribution in [0.5, 0.6) is 11.5 Å². The van der Waals surface area contributed by atoms with Gasteiger partial charge in [-0.25, -0.2) is 4.79 Å². The summed E-state index contributed by atoms with van der Waals surface area (Å²) in [4.78, 5) is 13.9. The number of methoxy groups -OCH3 is 3. The molecule has 0 bridgehead atoms. The van der Waals surface area contributed by atoms with Gasteiger partial charge in [-0.1, -0.05) is 6.07 Å². The molecule has 134 valence electrons. The molecule has 1 aromatic carbocycles. The van der Waals surface area contributed by atoms with Crippen molar-refractivity contribution in [2.24, 2.45) is 0 Å². The van der Waals surface area contributed by atoms with Gasteiger partial charge in [-0.05, 0) is 37.6 Å². The molecule has 2 aromatic rings. The van der Waals surface area contributed by atoms with E-state index in [0.29, 0.717) is 6.54 Å². The van der Waals surface area contributed by atoms with E-state index < -0.39 is 5.97 Å². The van der Waals surface area contributed by atoms with Gasteiger partial charge in [0.25, 0.3) is 0 Å². The van der Waals surface area contributed by atoms with Crippen LogP contribution in [0, 0.1) is 0 Å². The Bertz CT molecular complexity index is 739. The third-order valence-electron chi connectivity index (χ3n) is 4.57. The van der Waals surface area contributed by atoms with Crippen molar-refractivity contribution in [1.29, 1.82) is 0 Å². The lowest BCUT2D eigenvalue weighted by molar-refractivity contribution is 0.0561. The molecule has 1 fully saturated rings. The van der Waals surface area contributed by atoms with E-state index in [9.17, 15) is 4.79 Å². The molecule has 25 heavy (non-hydrogen) atoms.